The summed E-state index contributed by atoms with van der Waals surface area (Å²) in [5, 5.41) is 0. The SMILES string of the molecule is CCC[Si](CCC)(C1C(C)=Cc2c(-c3ccc(C(C)(C)C)cc3)cccc21)C1C(C)=Cc2c(-c3ccc(C(C)(C)C)cc3)cccc21. The van der Waals surface area contributed by atoms with Crippen molar-refractivity contribution in [2.24, 2.45) is 0 Å². The Morgan fingerprint density at radius 2 is 0.872 bits per heavy atom. The van der Waals surface area contributed by atoms with Gasteiger partial charge in [0.05, 0.1) is 8.07 Å². The lowest BCUT2D eigenvalue weighted by molar-refractivity contribution is 0.590. The fourth-order valence-electron chi connectivity index (χ4n) is 9.23. The molecule has 2 atom stereocenters. The van der Waals surface area contributed by atoms with Crippen LogP contribution in [0.5, 0.6) is 0 Å². The Balaban J connectivity index is 1.47. The summed E-state index contributed by atoms with van der Waals surface area (Å²) < 4.78 is 0. The predicted octanol–water partition coefficient (Wildman–Crippen LogP) is 13.7. The Labute approximate surface area is 287 Å². The molecular weight excluding hydrogens is 581 g/mol. The zero-order chi connectivity index (χ0) is 33.7. The highest BCUT2D eigenvalue weighted by molar-refractivity contribution is 6.84. The minimum Gasteiger partial charge on any atom is -0.0678 e. The van der Waals surface area contributed by atoms with E-state index in [0.717, 1.165) is 0 Å². The molecule has 47 heavy (non-hydrogen) atoms. The van der Waals surface area contributed by atoms with Crippen LogP contribution in [-0.4, -0.2) is 8.07 Å². The van der Waals surface area contributed by atoms with E-state index < -0.39 is 8.07 Å². The van der Waals surface area contributed by atoms with Gasteiger partial charge in [-0.3, -0.25) is 0 Å². The van der Waals surface area contributed by atoms with Crippen molar-refractivity contribution in [3.63, 3.8) is 0 Å². The van der Waals surface area contributed by atoms with E-state index in [0.29, 0.717) is 11.1 Å². The number of benzene rings is 4. The summed E-state index contributed by atoms with van der Waals surface area (Å²) in [7, 11) is -2.01. The van der Waals surface area contributed by atoms with Crippen molar-refractivity contribution < 1.29 is 0 Å². The molecule has 6 rings (SSSR count). The molecule has 1 heteroatoms. The van der Waals surface area contributed by atoms with Gasteiger partial charge < -0.3 is 0 Å². The molecule has 2 aliphatic carbocycles. The molecule has 0 radical (unpaired) electrons. The van der Waals surface area contributed by atoms with Gasteiger partial charge >= 0.3 is 0 Å². The van der Waals surface area contributed by atoms with Crippen LogP contribution in [0.25, 0.3) is 34.4 Å². The molecule has 0 spiro atoms. The summed E-state index contributed by atoms with van der Waals surface area (Å²) in [4.78, 5) is 0. The standard InChI is InChI=1S/C46H56Si/c1-11-27-47(28-12-2,43-31(3)29-41-37(15-13-17-39(41)43)33-19-23-35(24-20-33)45(5,6)7)44-32(4)30-42-38(16-14-18-40(42)44)34-21-25-36(26-22-34)46(8,9)10/h13-26,29-30,43-44H,11-12,27-28H2,1-10H3. The van der Waals surface area contributed by atoms with Crippen molar-refractivity contribution in [3.05, 3.63) is 129 Å². The minimum absolute atomic E-state index is 0.156. The molecule has 4 aromatic carbocycles. The number of allylic oxidation sites excluding steroid dienone is 2. The molecule has 0 amide bonds. The first kappa shape index (κ1) is 33.5. The summed E-state index contributed by atoms with van der Waals surface area (Å²) in [5.41, 5.74) is 18.9. The van der Waals surface area contributed by atoms with Gasteiger partial charge in [-0.05, 0) is 80.3 Å². The largest absolute Gasteiger partial charge is 0.0781 e. The average Bonchev–Trinajstić information content (AvgIpc) is 3.56. The lowest BCUT2D eigenvalue weighted by Crippen LogP contribution is -2.48. The second-order valence-electron chi connectivity index (χ2n) is 16.6. The molecule has 0 heterocycles. The van der Waals surface area contributed by atoms with Crippen molar-refractivity contribution in [2.45, 2.75) is 116 Å². The van der Waals surface area contributed by atoms with Crippen molar-refractivity contribution in [1.29, 1.82) is 0 Å². The third-order valence-corrected chi connectivity index (χ3v) is 18.0. The zero-order valence-electron chi connectivity index (χ0n) is 30.7. The summed E-state index contributed by atoms with van der Waals surface area (Å²) in [6.07, 6.45) is 7.63. The summed E-state index contributed by atoms with van der Waals surface area (Å²) in [5.74, 6) is 0. The van der Waals surface area contributed by atoms with Gasteiger partial charge in [-0.15, -0.1) is 0 Å². The maximum absolute atomic E-state index is 2.57. The van der Waals surface area contributed by atoms with Crippen LogP contribution in [0.15, 0.2) is 96.1 Å². The molecule has 0 aliphatic heterocycles. The maximum Gasteiger partial charge on any atom is 0.0781 e. The summed E-state index contributed by atoms with van der Waals surface area (Å²) in [6, 6.07) is 35.8. The summed E-state index contributed by atoms with van der Waals surface area (Å²) in [6.45, 7) is 23.6. The molecule has 0 aromatic heterocycles. The van der Waals surface area contributed by atoms with Crippen molar-refractivity contribution in [3.8, 4) is 22.3 Å². The van der Waals surface area contributed by atoms with Gasteiger partial charge in [0.25, 0.3) is 0 Å². The smallest absolute Gasteiger partial charge is 0.0678 e. The van der Waals surface area contributed by atoms with Gasteiger partial charge in [0.2, 0.25) is 0 Å². The Hall–Kier alpha value is -3.42. The van der Waals surface area contributed by atoms with Crippen LogP contribution in [0.1, 0.15) is 127 Å². The summed E-state index contributed by atoms with van der Waals surface area (Å²) >= 11 is 0. The lowest BCUT2D eigenvalue weighted by atomic mass is 9.86. The van der Waals surface area contributed by atoms with Crippen molar-refractivity contribution in [1.82, 2.24) is 0 Å². The fourth-order valence-corrected chi connectivity index (χ4v) is 16.6. The first-order chi connectivity index (χ1) is 22.3. The van der Waals surface area contributed by atoms with E-state index in [9.17, 15) is 0 Å². The molecule has 0 saturated carbocycles. The minimum atomic E-state index is -2.01. The number of hydrogen-bond acceptors (Lipinski definition) is 0. The second kappa shape index (κ2) is 12.6. The molecule has 0 saturated heterocycles. The van der Waals surface area contributed by atoms with Crippen LogP contribution >= 0.6 is 0 Å². The van der Waals surface area contributed by atoms with Crippen LogP contribution in [0.4, 0.5) is 0 Å². The lowest BCUT2D eigenvalue weighted by Gasteiger charge is -2.45. The molecule has 0 bridgehead atoms. The molecular formula is C46H56Si. The molecule has 2 unspecified atom stereocenters. The van der Waals surface area contributed by atoms with E-state index in [1.54, 1.807) is 22.3 Å². The molecule has 2 aliphatic rings. The van der Waals surface area contributed by atoms with Crippen LogP contribution in [-0.2, 0) is 10.8 Å². The van der Waals surface area contributed by atoms with Gasteiger partial charge in [0, 0.05) is 11.1 Å². The highest BCUT2D eigenvalue weighted by Crippen LogP contribution is 2.57. The fraction of sp³-hybridized carbons (Fsp3) is 0.391. The predicted molar refractivity (Wildman–Crippen MR) is 210 cm³/mol. The number of rotatable bonds is 8. The van der Waals surface area contributed by atoms with Crippen LogP contribution in [0.2, 0.25) is 12.1 Å². The number of hydrogen-bond donors (Lipinski definition) is 0. The van der Waals surface area contributed by atoms with E-state index in [-0.39, 0.29) is 10.8 Å². The third-order valence-electron chi connectivity index (χ3n) is 11.3. The Bertz CT molecular complexity index is 1680. The van der Waals surface area contributed by atoms with Crippen LogP contribution in [0.3, 0.4) is 0 Å². The van der Waals surface area contributed by atoms with Crippen LogP contribution in [0, 0.1) is 0 Å². The molecule has 244 valence electrons. The van der Waals surface area contributed by atoms with E-state index >= 15 is 0 Å². The maximum atomic E-state index is 2.57. The van der Waals surface area contributed by atoms with Gasteiger partial charge in [-0.2, -0.15) is 0 Å². The first-order valence-corrected chi connectivity index (χ1v) is 20.7. The van der Waals surface area contributed by atoms with Gasteiger partial charge in [-0.25, -0.2) is 0 Å². The average molecular weight is 637 g/mol. The van der Waals surface area contributed by atoms with Crippen molar-refractivity contribution in [2.75, 3.05) is 0 Å². The van der Waals surface area contributed by atoms with E-state index in [1.165, 1.54) is 69.4 Å². The molecule has 0 fully saturated rings. The third kappa shape index (κ3) is 5.95. The van der Waals surface area contributed by atoms with Gasteiger partial charge in [0.15, 0.2) is 0 Å². The Morgan fingerprint density at radius 3 is 1.19 bits per heavy atom. The second-order valence-corrected chi connectivity index (χ2v) is 21.3. The quantitative estimate of drug-likeness (QED) is 0.169. The van der Waals surface area contributed by atoms with Gasteiger partial charge in [0.1, 0.15) is 0 Å². The van der Waals surface area contributed by atoms with Crippen LogP contribution < -0.4 is 0 Å². The zero-order valence-corrected chi connectivity index (χ0v) is 31.7. The Kier molecular flexibility index (Phi) is 8.94. The Morgan fingerprint density at radius 1 is 0.511 bits per heavy atom. The van der Waals surface area contributed by atoms with E-state index in [4.69, 9.17) is 0 Å². The highest BCUT2D eigenvalue weighted by atomic mass is 28.3. The number of fused-ring (bicyclic) bond motifs is 2. The highest BCUT2D eigenvalue weighted by Gasteiger charge is 2.52. The monoisotopic (exact) mass is 636 g/mol. The first-order valence-electron chi connectivity index (χ1n) is 18.1. The van der Waals surface area contributed by atoms with Crippen molar-refractivity contribution >= 4 is 20.2 Å². The molecule has 0 nitrogen and oxygen atoms in total. The molecule has 0 N–H and O–H groups in total. The normalized spacial score (nSPS) is 17.7. The van der Waals surface area contributed by atoms with E-state index in [2.05, 4.69) is 166 Å². The van der Waals surface area contributed by atoms with E-state index in [1.807, 2.05) is 0 Å². The van der Waals surface area contributed by atoms with Gasteiger partial charge in [-0.1, -0.05) is 189 Å². The topological polar surface area (TPSA) is 0 Å². The molecule has 4 aromatic rings.